The summed E-state index contributed by atoms with van der Waals surface area (Å²) in [5, 5.41) is 2.75. The number of fused-ring (bicyclic) bond motifs is 1. The molecule has 0 fully saturated rings. The van der Waals surface area contributed by atoms with Crippen molar-refractivity contribution in [3.8, 4) is 0 Å². The second kappa shape index (κ2) is 12.8. The minimum Gasteiger partial charge on any atom is -0.323 e. The van der Waals surface area contributed by atoms with Gasteiger partial charge in [-0.25, -0.2) is 0 Å². The fourth-order valence-corrected chi connectivity index (χ4v) is 2.67. The van der Waals surface area contributed by atoms with Gasteiger partial charge in [0.05, 0.1) is 6.04 Å². The van der Waals surface area contributed by atoms with E-state index >= 15 is 0 Å². The van der Waals surface area contributed by atoms with Crippen LogP contribution < -0.4 is 5.32 Å². The second-order valence-corrected chi connectivity index (χ2v) is 5.27. The Balaban J connectivity index is 0.00000113. The maximum Gasteiger partial charge on any atom is 0.259 e. The Bertz CT molecular complexity index is 651. The molecule has 26 heavy (non-hydrogen) atoms. The molecule has 1 aromatic rings. The van der Waals surface area contributed by atoms with Crippen LogP contribution in [0, 0.1) is 0 Å². The molecule has 1 aliphatic heterocycles. The molecule has 1 N–H and O–H groups in total. The Labute approximate surface area is 156 Å². The van der Waals surface area contributed by atoms with E-state index in [0.717, 1.165) is 23.7 Å². The van der Waals surface area contributed by atoms with E-state index in [1.807, 2.05) is 47.0 Å². The lowest BCUT2D eigenvalue weighted by Gasteiger charge is -2.24. The van der Waals surface area contributed by atoms with Crippen LogP contribution in [-0.4, -0.2) is 43.5 Å². The number of amides is 1. The van der Waals surface area contributed by atoms with Gasteiger partial charge in [-0.3, -0.25) is 9.69 Å². The molecule has 0 saturated carbocycles. The van der Waals surface area contributed by atoms with Gasteiger partial charge in [0.15, 0.2) is 0 Å². The van der Waals surface area contributed by atoms with Gasteiger partial charge in [0.25, 0.3) is 5.91 Å². The first-order valence-electron chi connectivity index (χ1n) is 8.84. The minimum atomic E-state index is -0.626. The number of benzene rings is 1. The van der Waals surface area contributed by atoms with Crippen molar-refractivity contribution in [1.29, 1.82) is 0 Å². The highest BCUT2D eigenvalue weighted by atomic mass is 16.2. The summed E-state index contributed by atoms with van der Waals surface area (Å²) in [7, 11) is 3.75. The third-order valence-corrected chi connectivity index (χ3v) is 3.62. The first-order chi connectivity index (χ1) is 12.6. The maximum atomic E-state index is 12.6. The van der Waals surface area contributed by atoms with E-state index in [-0.39, 0.29) is 12.3 Å². The smallest absolute Gasteiger partial charge is 0.259 e. The highest BCUT2D eigenvalue weighted by molar-refractivity contribution is 6.11. The minimum absolute atomic E-state index is 0.204. The lowest BCUT2D eigenvalue weighted by atomic mass is 10.0. The van der Waals surface area contributed by atoms with Crippen LogP contribution in [0.4, 0.5) is 0 Å². The molecule has 1 amide bonds. The summed E-state index contributed by atoms with van der Waals surface area (Å²) in [6.07, 6.45) is 5.57. The SMILES string of the molecule is C=Cc1cccc2c1/C(=C\C)N(C(C=O)CCC=O)C2=O.CC.CNC. The predicted molar refractivity (Wildman–Crippen MR) is 108 cm³/mol. The molecule has 1 atom stereocenters. The maximum absolute atomic E-state index is 12.6. The van der Waals surface area contributed by atoms with Gasteiger partial charge in [0.1, 0.15) is 12.6 Å². The number of rotatable bonds is 6. The van der Waals surface area contributed by atoms with Crippen LogP contribution in [0.2, 0.25) is 0 Å². The van der Waals surface area contributed by atoms with Gasteiger partial charge in [0, 0.05) is 23.2 Å². The van der Waals surface area contributed by atoms with Crippen LogP contribution in [0.15, 0.2) is 30.9 Å². The predicted octanol–water partition coefficient (Wildman–Crippen LogP) is 3.55. The molecule has 5 heteroatoms. The van der Waals surface area contributed by atoms with E-state index in [9.17, 15) is 14.4 Å². The van der Waals surface area contributed by atoms with Crippen molar-refractivity contribution in [2.45, 2.75) is 39.7 Å². The average molecular weight is 358 g/mol. The number of carbonyl (C=O) groups excluding carboxylic acids is 3. The van der Waals surface area contributed by atoms with Crippen LogP contribution in [0.5, 0.6) is 0 Å². The zero-order chi connectivity index (χ0) is 20.1. The average Bonchev–Trinajstić information content (AvgIpc) is 2.97. The standard InChI is InChI=1S/C17H17NO3.C2H7N.C2H6/c1-3-12-7-5-9-14-16(12)15(4-2)18(17(14)21)13(11-20)8-6-10-19;1-3-2;1-2/h3-5,7,9-11,13H,1,6,8H2,2H3;3H,1-2H3;1-2H3/b15-4+;;. The molecular formula is C21H30N2O3. The third-order valence-electron chi connectivity index (χ3n) is 3.62. The van der Waals surface area contributed by atoms with Crippen LogP contribution >= 0.6 is 0 Å². The van der Waals surface area contributed by atoms with Gasteiger partial charge in [0.2, 0.25) is 0 Å². The van der Waals surface area contributed by atoms with Crippen LogP contribution in [-0.2, 0) is 9.59 Å². The van der Waals surface area contributed by atoms with Crippen molar-refractivity contribution in [2.24, 2.45) is 0 Å². The van der Waals surface area contributed by atoms with Crippen LogP contribution in [0.25, 0.3) is 11.8 Å². The Hall–Kier alpha value is -2.53. The van der Waals surface area contributed by atoms with Crippen molar-refractivity contribution in [2.75, 3.05) is 14.1 Å². The molecule has 5 nitrogen and oxygen atoms in total. The first kappa shape index (κ1) is 23.5. The topological polar surface area (TPSA) is 66.5 Å². The van der Waals surface area contributed by atoms with Gasteiger partial charge >= 0.3 is 0 Å². The van der Waals surface area contributed by atoms with Crippen molar-refractivity contribution in [1.82, 2.24) is 10.2 Å². The lowest BCUT2D eigenvalue weighted by molar-refractivity contribution is -0.111. The van der Waals surface area contributed by atoms with E-state index in [2.05, 4.69) is 11.9 Å². The third kappa shape index (κ3) is 5.23. The molecule has 0 spiro atoms. The molecule has 2 rings (SSSR count). The van der Waals surface area contributed by atoms with Crippen LogP contribution in [0.1, 0.15) is 55.1 Å². The van der Waals surface area contributed by atoms with E-state index < -0.39 is 6.04 Å². The fraction of sp³-hybridized carbons (Fsp3) is 0.381. The summed E-state index contributed by atoms with van der Waals surface area (Å²) < 4.78 is 0. The normalized spacial score (nSPS) is 14.4. The number of nitrogens with one attached hydrogen (secondary N) is 1. The van der Waals surface area contributed by atoms with Crippen molar-refractivity contribution in [3.63, 3.8) is 0 Å². The van der Waals surface area contributed by atoms with Crippen molar-refractivity contribution < 1.29 is 14.4 Å². The van der Waals surface area contributed by atoms with Gasteiger partial charge in [-0.05, 0) is 39.1 Å². The molecule has 1 unspecified atom stereocenters. The molecule has 1 heterocycles. The summed E-state index contributed by atoms with van der Waals surface area (Å²) >= 11 is 0. The molecule has 1 aromatic carbocycles. The number of allylic oxidation sites excluding steroid dienone is 1. The van der Waals surface area contributed by atoms with Crippen molar-refractivity contribution >= 4 is 30.3 Å². The van der Waals surface area contributed by atoms with E-state index in [4.69, 9.17) is 0 Å². The Morgan fingerprint density at radius 2 is 1.85 bits per heavy atom. The number of nitrogens with zero attached hydrogens (tertiary/aromatic N) is 1. The largest absolute Gasteiger partial charge is 0.323 e. The van der Waals surface area contributed by atoms with Gasteiger partial charge < -0.3 is 14.9 Å². The number of hydrogen-bond donors (Lipinski definition) is 1. The Morgan fingerprint density at radius 3 is 2.31 bits per heavy atom. The second-order valence-electron chi connectivity index (χ2n) is 5.27. The van der Waals surface area contributed by atoms with Crippen molar-refractivity contribution in [3.05, 3.63) is 47.5 Å². The number of aldehydes is 2. The van der Waals surface area contributed by atoms with E-state index in [0.29, 0.717) is 17.7 Å². The van der Waals surface area contributed by atoms with E-state index in [1.54, 1.807) is 18.2 Å². The van der Waals surface area contributed by atoms with Gasteiger partial charge in [-0.15, -0.1) is 0 Å². The van der Waals surface area contributed by atoms with E-state index in [1.165, 1.54) is 4.90 Å². The summed E-state index contributed by atoms with van der Waals surface area (Å²) in [4.78, 5) is 36.0. The summed E-state index contributed by atoms with van der Waals surface area (Å²) in [5.74, 6) is -0.204. The number of carbonyl (C=O) groups is 3. The van der Waals surface area contributed by atoms with Crippen LogP contribution in [0.3, 0.4) is 0 Å². The molecule has 0 aliphatic carbocycles. The monoisotopic (exact) mass is 358 g/mol. The highest BCUT2D eigenvalue weighted by Crippen LogP contribution is 2.37. The molecule has 0 bridgehead atoms. The first-order valence-corrected chi connectivity index (χ1v) is 8.84. The summed E-state index contributed by atoms with van der Waals surface area (Å²) in [5.41, 5.74) is 2.93. The zero-order valence-electron chi connectivity index (χ0n) is 16.4. The lowest BCUT2D eigenvalue weighted by Crippen LogP contribution is -2.36. The summed E-state index contributed by atoms with van der Waals surface area (Å²) in [6.45, 7) is 9.59. The Morgan fingerprint density at radius 1 is 1.23 bits per heavy atom. The summed E-state index contributed by atoms with van der Waals surface area (Å²) in [6, 6.07) is 4.80. The fourth-order valence-electron chi connectivity index (χ4n) is 2.67. The quantitative estimate of drug-likeness (QED) is 0.790. The van der Waals surface area contributed by atoms with Gasteiger partial charge in [-0.1, -0.05) is 44.7 Å². The Kier molecular flexibility index (Phi) is 11.5. The molecular weight excluding hydrogens is 328 g/mol. The molecule has 1 aliphatic rings. The molecule has 0 saturated heterocycles. The van der Waals surface area contributed by atoms with Gasteiger partial charge in [-0.2, -0.15) is 0 Å². The molecule has 0 radical (unpaired) electrons. The highest BCUT2D eigenvalue weighted by Gasteiger charge is 2.37. The number of hydrogen-bond acceptors (Lipinski definition) is 4. The zero-order valence-corrected chi connectivity index (χ0v) is 16.4. The molecule has 142 valence electrons. The molecule has 0 aromatic heterocycles.